The van der Waals surface area contributed by atoms with E-state index in [4.69, 9.17) is 0 Å². The van der Waals surface area contributed by atoms with E-state index < -0.39 is 9.84 Å². The predicted octanol–water partition coefficient (Wildman–Crippen LogP) is 1.74. The van der Waals surface area contributed by atoms with Gasteiger partial charge in [-0.2, -0.15) is 0 Å². The van der Waals surface area contributed by atoms with Crippen LogP contribution >= 0.6 is 0 Å². The highest BCUT2D eigenvalue weighted by molar-refractivity contribution is 7.92. The molecule has 1 aliphatic rings. The third-order valence-corrected chi connectivity index (χ3v) is 5.71. The van der Waals surface area contributed by atoms with Crippen molar-refractivity contribution in [3.63, 3.8) is 0 Å². The summed E-state index contributed by atoms with van der Waals surface area (Å²) in [5, 5.41) is 2.72. The van der Waals surface area contributed by atoms with Crippen LogP contribution in [-0.4, -0.2) is 20.7 Å². The summed E-state index contributed by atoms with van der Waals surface area (Å²) in [6.45, 7) is 5.63. The molecule has 0 amide bonds. The second-order valence-electron chi connectivity index (χ2n) is 4.52. The van der Waals surface area contributed by atoms with E-state index in [1.54, 1.807) is 6.92 Å². The van der Waals surface area contributed by atoms with Crippen molar-refractivity contribution in [1.82, 2.24) is 5.32 Å². The predicted molar refractivity (Wildman–Crippen MR) is 64.4 cm³/mol. The normalized spacial score (nSPS) is 26.8. The van der Waals surface area contributed by atoms with Crippen molar-refractivity contribution in [2.45, 2.75) is 37.0 Å². The Labute approximate surface area is 96.8 Å². The molecular formula is C12H17NO2S. The third-order valence-electron chi connectivity index (χ3n) is 3.34. The first kappa shape index (κ1) is 11.6. The van der Waals surface area contributed by atoms with E-state index in [2.05, 4.69) is 5.32 Å². The van der Waals surface area contributed by atoms with Gasteiger partial charge in [0, 0.05) is 0 Å². The molecule has 0 bridgehead atoms. The van der Waals surface area contributed by atoms with E-state index in [1.807, 2.05) is 33.0 Å². The summed E-state index contributed by atoms with van der Waals surface area (Å²) in [6.07, 6.45) is 0. The lowest BCUT2D eigenvalue weighted by molar-refractivity contribution is 0.553. The number of fused-ring (bicyclic) bond motifs is 1. The fourth-order valence-electron chi connectivity index (χ4n) is 2.62. The van der Waals surface area contributed by atoms with Gasteiger partial charge < -0.3 is 5.32 Å². The van der Waals surface area contributed by atoms with Crippen LogP contribution in [0.4, 0.5) is 0 Å². The Morgan fingerprint density at radius 1 is 1.25 bits per heavy atom. The summed E-state index contributed by atoms with van der Waals surface area (Å²) in [5.41, 5.74) is 2.90. The molecule has 2 atom stereocenters. The van der Waals surface area contributed by atoms with E-state index in [0.29, 0.717) is 4.90 Å². The zero-order valence-corrected chi connectivity index (χ0v) is 10.9. The average molecular weight is 239 g/mol. The minimum Gasteiger partial charge on any atom is -0.312 e. The molecule has 1 heterocycles. The van der Waals surface area contributed by atoms with E-state index in [9.17, 15) is 8.42 Å². The van der Waals surface area contributed by atoms with Crippen molar-refractivity contribution in [2.75, 3.05) is 7.05 Å². The van der Waals surface area contributed by atoms with Gasteiger partial charge in [-0.05, 0) is 38.9 Å². The fourth-order valence-corrected chi connectivity index (χ4v) is 4.65. The largest absolute Gasteiger partial charge is 0.312 e. The fraction of sp³-hybridized carbons (Fsp3) is 0.500. The minimum atomic E-state index is -3.16. The van der Waals surface area contributed by atoms with Crippen LogP contribution in [-0.2, 0) is 9.84 Å². The van der Waals surface area contributed by atoms with E-state index >= 15 is 0 Å². The number of benzene rings is 1. The molecule has 4 heteroatoms. The number of sulfone groups is 1. The van der Waals surface area contributed by atoms with Crippen LogP contribution in [0.3, 0.4) is 0 Å². The van der Waals surface area contributed by atoms with Gasteiger partial charge in [0.1, 0.15) is 0 Å². The highest BCUT2D eigenvalue weighted by Crippen LogP contribution is 2.40. The maximum absolute atomic E-state index is 12.2. The van der Waals surface area contributed by atoms with Gasteiger partial charge in [-0.1, -0.05) is 17.7 Å². The molecule has 1 aliphatic heterocycles. The SMILES string of the molecule is CNC1c2cc(C)cc(C)c2S(=O)(=O)C1C. The van der Waals surface area contributed by atoms with Gasteiger partial charge >= 0.3 is 0 Å². The van der Waals surface area contributed by atoms with Gasteiger partial charge in [0.25, 0.3) is 0 Å². The molecule has 2 rings (SSSR count). The lowest BCUT2D eigenvalue weighted by atomic mass is 10.00. The van der Waals surface area contributed by atoms with Gasteiger partial charge in [0.05, 0.1) is 16.2 Å². The molecular weight excluding hydrogens is 222 g/mol. The molecule has 0 aliphatic carbocycles. The lowest BCUT2D eigenvalue weighted by Gasteiger charge is -2.13. The summed E-state index contributed by atoms with van der Waals surface area (Å²) in [5.74, 6) is 0. The molecule has 3 nitrogen and oxygen atoms in total. The lowest BCUT2D eigenvalue weighted by Crippen LogP contribution is -2.26. The third kappa shape index (κ3) is 1.40. The van der Waals surface area contributed by atoms with Crippen LogP contribution in [0.15, 0.2) is 17.0 Å². The molecule has 0 spiro atoms. The molecule has 16 heavy (non-hydrogen) atoms. The van der Waals surface area contributed by atoms with Crippen LogP contribution in [0.1, 0.15) is 29.7 Å². The molecule has 0 saturated heterocycles. The van der Waals surface area contributed by atoms with Crippen molar-refractivity contribution < 1.29 is 8.42 Å². The van der Waals surface area contributed by atoms with Crippen molar-refractivity contribution >= 4 is 9.84 Å². The smallest absolute Gasteiger partial charge is 0.183 e. The Bertz CT molecular complexity index is 534. The first-order valence-corrected chi connectivity index (χ1v) is 6.96. The van der Waals surface area contributed by atoms with Crippen LogP contribution in [0.25, 0.3) is 0 Å². The molecule has 2 unspecified atom stereocenters. The zero-order chi connectivity index (χ0) is 12.1. The quantitative estimate of drug-likeness (QED) is 0.812. The summed E-state index contributed by atoms with van der Waals surface area (Å²) in [4.78, 5) is 0.532. The molecule has 0 fully saturated rings. The summed E-state index contributed by atoms with van der Waals surface area (Å²) in [6, 6.07) is 3.82. The Kier molecular flexibility index (Phi) is 2.59. The van der Waals surface area contributed by atoms with Gasteiger partial charge in [-0.3, -0.25) is 0 Å². The summed E-state index contributed by atoms with van der Waals surface area (Å²) < 4.78 is 24.5. The number of hydrogen-bond donors (Lipinski definition) is 1. The maximum atomic E-state index is 12.2. The molecule has 0 radical (unpaired) electrons. The highest BCUT2D eigenvalue weighted by Gasteiger charge is 2.42. The van der Waals surface area contributed by atoms with Crippen molar-refractivity contribution in [3.8, 4) is 0 Å². The van der Waals surface area contributed by atoms with Crippen LogP contribution in [0.2, 0.25) is 0 Å². The van der Waals surface area contributed by atoms with Gasteiger partial charge in [-0.25, -0.2) is 8.42 Å². The molecule has 1 N–H and O–H groups in total. The molecule has 0 aromatic heterocycles. The van der Waals surface area contributed by atoms with Crippen molar-refractivity contribution in [3.05, 3.63) is 28.8 Å². The Morgan fingerprint density at radius 2 is 1.88 bits per heavy atom. The number of rotatable bonds is 1. The highest BCUT2D eigenvalue weighted by atomic mass is 32.2. The van der Waals surface area contributed by atoms with E-state index in [-0.39, 0.29) is 11.3 Å². The average Bonchev–Trinajstić information content (AvgIpc) is 2.34. The van der Waals surface area contributed by atoms with Gasteiger partial charge in [0.2, 0.25) is 0 Å². The van der Waals surface area contributed by atoms with E-state index in [0.717, 1.165) is 16.7 Å². The first-order valence-electron chi connectivity index (χ1n) is 5.42. The number of hydrogen-bond acceptors (Lipinski definition) is 3. The zero-order valence-electron chi connectivity index (χ0n) is 10.0. The molecule has 88 valence electrons. The van der Waals surface area contributed by atoms with Gasteiger partial charge in [0.15, 0.2) is 9.84 Å². The topological polar surface area (TPSA) is 46.2 Å². The van der Waals surface area contributed by atoms with Crippen LogP contribution < -0.4 is 5.32 Å². The second-order valence-corrected chi connectivity index (χ2v) is 6.76. The van der Waals surface area contributed by atoms with Crippen LogP contribution in [0.5, 0.6) is 0 Å². The Hall–Kier alpha value is -0.870. The van der Waals surface area contributed by atoms with Crippen molar-refractivity contribution in [1.29, 1.82) is 0 Å². The minimum absolute atomic E-state index is 0.0846. The monoisotopic (exact) mass is 239 g/mol. The molecule has 0 saturated carbocycles. The molecule has 1 aromatic rings. The Morgan fingerprint density at radius 3 is 2.44 bits per heavy atom. The maximum Gasteiger partial charge on any atom is 0.183 e. The van der Waals surface area contributed by atoms with Crippen molar-refractivity contribution in [2.24, 2.45) is 0 Å². The first-order chi connectivity index (χ1) is 7.39. The summed E-state index contributed by atoms with van der Waals surface area (Å²) >= 11 is 0. The molecule has 1 aromatic carbocycles. The standard InChI is InChI=1S/C12H17NO2S/c1-7-5-8(2)12-10(6-7)11(13-4)9(3)16(12,14)15/h5-6,9,11,13H,1-4H3. The van der Waals surface area contributed by atoms with Gasteiger partial charge in [-0.15, -0.1) is 0 Å². The number of aryl methyl sites for hydroxylation is 2. The second kappa shape index (κ2) is 3.57. The van der Waals surface area contributed by atoms with Crippen LogP contribution in [0, 0.1) is 13.8 Å². The van der Waals surface area contributed by atoms with E-state index in [1.165, 1.54) is 0 Å². The number of nitrogens with one attached hydrogen (secondary N) is 1. The summed E-state index contributed by atoms with van der Waals surface area (Å²) in [7, 11) is -1.35. The Balaban J connectivity index is 2.79.